The summed E-state index contributed by atoms with van der Waals surface area (Å²) in [5.74, 6) is -0.604. The molecular formula is C20H25N3O3. The van der Waals surface area contributed by atoms with E-state index in [1.54, 1.807) is 41.8 Å². The molecule has 0 radical (unpaired) electrons. The van der Waals surface area contributed by atoms with Crippen molar-refractivity contribution in [2.24, 2.45) is 7.05 Å². The van der Waals surface area contributed by atoms with Crippen LogP contribution in [0, 0.1) is 0 Å². The highest BCUT2D eigenvalue weighted by molar-refractivity contribution is 5.91. The number of aryl methyl sites for hydroxylation is 1. The Bertz CT molecular complexity index is 749. The highest BCUT2D eigenvalue weighted by Gasteiger charge is 2.27. The van der Waals surface area contributed by atoms with E-state index in [0.717, 1.165) is 19.6 Å². The molecule has 1 aromatic heterocycles. The first-order valence-electron chi connectivity index (χ1n) is 8.92. The van der Waals surface area contributed by atoms with E-state index in [1.165, 1.54) is 5.56 Å². The second kappa shape index (κ2) is 8.19. The van der Waals surface area contributed by atoms with Crippen molar-refractivity contribution in [1.82, 2.24) is 14.4 Å². The highest BCUT2D eigenvalue weighted by Crippen LogP contribution is 2.11. The van der Waals surface area contributed by atoms with E-state index in [9.17, 15) is 9.59 Å². The molecule has 0 aliphatic carbocycles. The molecule has 0 spiro atoms. The normalized spacial score (nSPS) is 16.3. The Labute approximate surface area is 154 Å². The van der Waals surface area contributed by atoms with Gasteiger partial charge in [0.25, 0.3) is 5.91 Å². The second-order valence-corrected chi connectivity index (χ2v) is 6.64. The monoisotopic (exact) mass is 355 g/mol. The molecule has 0 N–H and O–H groups in total. The first-order chi connectivity index (χ1) is 12.5. The fourth-order valence-electron chi connectivity index (χ4n) is 3.17. The highest BCUT2D eigenvalue weighted by atomic mass is 16.5. The Morgan fingerprint density at radius 2 is 1.73 bits per heavy atom. The van der Waals surface area contributed by atoms with Crippen LogP contribution < -0.4 is 0 Å². The van der Waals surface area contributed by atoms with Gasteiger partial charge >= 0.3 is 5.97 Å². The van der Waals surface area contributed by atoms with E-state index < -0.39 is 12.1 Å². The van der Waals surface area contributed by atoms with Crippen LogP contribution in [-0.4, -0.2) is 58.5 Å². The van der Waals surface area contributed by atoms with Gasteiger partial charge in [-0.3, -0.25) is 9.69 Å². The maximum Gasteiger partial charge on any atom is 0.355 e. The molecule has 138 valence electrons. The summed E-state index contributed by atoms with van der Waals surface area (Å²) in [5.41, 5.74) is 1.72. The average Bonchev–Trinajstić information content (AvgIpc) is 3.08. The number of aromatic nitrogens is 1. The van der Waals surface area contributed by atoms with Gasteiger partial charge in [0.2, 0.25) is 0 Å². The minimum Gasteiger partial charge on any atom is -0.448 e. The lowest BCUT2D eigenvalue weighted by molar-refractivity contribution is -0.141. The summed E-state index contributed by atoms with van der Waals surface area (Å²) in [6, 6.07) is 13.8. The number of hydrogen-bond acceptors (Lipinski definition) is 4. The predicted octanol–water partition coefficient (Wildman–Crippen LogP) is 1.91. The molecule has 1 atom stereocenters. The van der Waals surface area contributed by atoms with Crippen LogP contribution in [0.25, 0.3) is 0 Å². The largest absolute Gasteiger partial charge is 0.448 e. The smallest absolute Gasteiger partial charge is 0.355 e. The lowest BCUT2D eigenvalue weighted by Gasteiger charge is -2.35. The van der Waals surface area contributed by atoms with Gasteiger partial charge in [-0.15, -0.1) is 0 Å². The number of carbonyl (C=O) groups is 2. The molecule has 0 saturated carbocycles. The Kier molecular flexibility index (Phi) is 5.73. The lowest BCUT2D eigenvalue weighted by Crippen LogP contribution is -2.51. The van der Waals surface area contributed by atoms with Gasteiger partial charge in [0.15, 0.2) is 6.10 Å². The third-order valence-corrected chi connectivity index (χ3v) is 4.72. The average molecular weight is 355 g/mol. The fraction of sp³-hybridized carbons (Fsp3) is 0.400. The number of nitrogens with zero attached hydrogens (tertiary/aromatic N) is 3. The molecule has 1 saturated heterocycles. The summed E-state index contributed by atoms with van der Waals surface area (Å²) in [7, 11) is 1.77. The van der Waals surface area contributed by atoms with Crippen LogP contribution in [0.2, 0.25) is 0 Å². The molecule has 2 aromatic rings. The number of esters is 1. The zero-order valence-electron chi connectivity index (χ0n) is 15.3. The van der Waals surface area contributed by atoms with E-state index in [-0.39, 0.29) is 5.91 Å². The van der Waals surface area contributed by atoms with Crippen molar-refractivity contribution in [1.29, 1.82) is 0 Å². The molecule has 0 unspecified atom stereocenters. The van der Waals surface area contributed by atoms with Gasteiger partial charge in [0.1, 0.15) is 5.69 Å². The van der Waals surface area contributed by atoms with E-state index in [2.05, 4.69) is 17.0 Å². The molecule has 1 fully saturated rings. The van der Waals surface area contributed by atoms with Crippen LogP contribution in [0.5, 0.6) is 0 Å². The van der Waals surface area contributed by atoms with Crippen LogP contribution >= 0.6 is 0 Å². The standard InChI is InChI=1S/C20H25N3O3/c1-16(26-20(25)18-9-6-10-21(18)2)19(24)23-13-11-22(12-14-23)15-17-7-4-3-5-8-17/h3-10,16H,11-15H2,1-2H3/t16-/m0/s1. The van der Waals surface area contributed by atoms with Crippen LogP contribution in [0.3, 0.4) is 0 Å². The van der Waals surface area contributed by atoms with Crippen molar-refractivity contribution in [2.45, 2.75) is 19.6 Å². The maximum absolute atomic E-state index is 12.6. The molecule has 6 heteroatoms. The third-order valence-electron chi connectivity index (χ3n) is 4.72. The van der Waals surface area contributed by atoms with Crippen LogP contribution in [0.1, 0.15) is 23.0 Å². The molecule has 1 aliphatic rings. The van der Waals surface area contributed by atoms with Gasteiger partial charge < -0.3 is 14.2 Å². The molecule has 1 aliphatic heterocycles. The molecule has 1 aromatic carbocycles. The maximum atomic E-state index is 12.6. The van der Waals surface area contributed by atoms with E-state index in [0.29, 0.717) is 18.8 Å². The van der Waals surface area contributed by atoms with Crippen LogP contribution in [0.15, 0.2) is 48.7 Å². The quantitative estimate of drug-likeness (QED) is 0.769. The zero-order chi connectivity index (χ0) is 18.5. The van der Waals surface area contributed by atoms with Gasteiger partial charge in [-0.05, 0) is 24.6 Å². The number of piperazine rings is 1. The summed E-state index contributed by atoms with van der Waals surface area (Å²) in [4.78, 5) is 28.8. The first kappa shape index (κ1) is 18.2. The lowest BCUT2D eigenvalue weighted by atomic mass is 10.2. The fourth-order valence-corrected chi connectivity index (χ4v) is 3.17. The van der Waals surface area contributed by atoms with E-state index in [1.807, 2.05) is 18.2 Å². The number of hydrogen-bond donors (Lipinski definition) is 0. The number of benzene rings is 1. The SMILES string of the molecule is C[C@H](OC(=O)c1cccn1C)C(=O)N1CCN(Cc2ccccc2)CC1. The van der Waals surface area contributed by atoms with E-state index >= 15 is 0 Å². The van der Waals surface area contributed by atoms with Crippen molar-refractivity contribution in [3.05, 3.63) is 59.9 Å². The molecule has 3 rings (SSSR count). The number of amides is 1. The Balaban J connectivity index is 1.48. The van der Waals surface area contributed by atoms with Crippen molar-refractivity contribution >= 4 is 11.9 Å². The summed E-state index contributed by atoms with van der Waals surface area (Å²) < 4.78 is 7.03. The van der Waals surface area contributed by atoms with Gasteiger partial charge in [-0.1, -0.05) is 30.3 Å². The minimum atomic E-state index is -0.780. The Hall–Kier alpha value is -2.60. The van der Waals surface area contributed by atoms with Crippen molar-refractivity contribution in [3.8, 4) is 0 Å². The molecule has 2 heterocycles. The number of rotatable bonds is 5. The second-order valence-electron chi connectivity index (χ2n) is 6.64. The molecule has 6 nitrogen and oxygen atoms in total. The third kappa shape index (κ3) is 4.32. The van der Waals surface area contributed by atoms with Crippen molar-refractivity contribution in [3.63, 3.8) is 0 Å². The molecule has 1 amide bonds. The van der Waals surface area contributed by atoms with Crippen LogP contribution in [-0.2, 0) is 23.1 Å². The Morgan fingerprint density at radius 3 is 2.35 bits per heavy atom. The predicted molar refractivity (Wildman–Crippen MR) is 98.6 cm³/mol. The van der Waals surface area contributed by atoms with Gasteiger partial charge in [0.05, 0.1) is 0 Å². The van der Waals surface area contributed by atoms with Gasteiger partial charge in [-0.2, -0.15) is 0 Å². The first-order valence-corrected chi connectivity index (χ1v) is 8.92. The van der Waals surface area contributed by atoms with Crippen LogP contribution in [0.4, 0.5) is 0 Å². The summed E-state index contributed by atoms with van der Waals surface area (Å²) in [6.45, 7) is 5.47. The number of carbonyl (C=O) groups excluding carboxylic acids is 2. The number of ether oxygens (including phenoxy) is 1. The van der Waals surface area contributed by atoms with Crippen molar-refractivity contribution in [2.75, 3.05) is 26.2 Å². The summed E-state index contributed by atoms with van der Waals surface area (Å²) in [5, 5.41) is 0. The van der Waals surface area contributed by atoms with Crippen molar-refractivity contribution < 1.29 is 14.3 Å². The Morgan fingerprint density at radius 1 is 1.04 bits per heavy atom. The van der Waals surface area contributed by atoms with E-state index in [4.69, 9.17) is 4.74 Å². The molecule has 26 heavy (non-hydrogen) atoms. The molecule has 0 bridgehead atoms. The summed E-state index contributed by atoms with van der Waals surface area (Å²) in [6.07, 6.45) is 0.993. The minimum absolute atomic E-state index is 0.132. The van der Waals surface area contributed by atoms with Gasteiger partial charge in [0, 0.05) is 46.0 Å². The van der Waals surface area contributed by atoms with Gasteiger partial charge in [-0.25, -0.2) is 4.79 Å². The summed E-state index contributed by atoms with van der Waals surface area (Å²) >= 11 is 0. The molecular weight excluding hydrogens is 330 g/mol. The topological polar surface area (TPSA) is 54.8 Å². The zero-order valence-corrected chi connectivity index (χ0v) is 15.3.